The van der Waals surface area contributed by atoms with Gasteiger partial charge in [-0.05, 0) is 37.8 Å². The summed E-state index contributed by atoms with van der Waals surface area (Å²) < 4.78 is 5.52. The van der Waals surface area contributed by atoms with Crippen molar-refractivity contribution in [1.29, 1.82) is 0 Å². The van der Waals surface area contributed by atoms with E-state index in [9.17, 15) is 4.79 Å². The Morgan fingerprint density at radius 3 is 2.75 bits per heavy atom. The van der Waals surface area contributed by atoms with Gasteiger partial charge < -0.3 is 15.5 Å². The van der Waals surface area contributed by atoms with Crippen LogP contribution in [0.2, 0.25) is 0 Å². The third-order valence-corrected chi connectivity index (χ3v) is 4.27. The smallest absolute Gasteiger partial charge is 0.277 e. The van der Waals surface area contributed by atoms with Gasteiger partial charge in [-0.2, -0.15) is 0 Å². The number of carbonyl (C=O) groups excluding carboxylic acids is 1. The molecule has 2 aromatic rings. The second-order valence-electron chi connectivity index (χ2n) is 6.30. The Morgan fingerprint density at radius 1 is 1.33 bits per heavy atom. The molecule has 1 amide bonds. The van der Waals surface area contributed by atoms with E-state index < -0.39 is 0 Å². The van der Waals surface area contributed by atoms with Gasteiger partial charge in [0.15, 0.2) is 0 Å². The van der Waals surface area contributed by atoms with Gasteiger partial charge in [-0.25, -0.2) is 0 Å². The number of thioether (sulfide) groups is 1. The third-order valence-electron chi connectivity index (χ3n) is 3.45. The first-order valence-corrected chi connectivity index (χ1v) is 8.92. The Hall–Kier alpha value is -1.86. The first-order valence-electron chi connectivity index (χ1n) is 7.94. The first-order chi connectivity index (χ1) is 11.3. The fourth-order valence-electron chi connectivity index (χ4n) is 2.30. The lowest BCUT2D eigenvalue weighted by Crippen LogP contribution is -2.14. The van der Waals surface area contributed by atoms with E-state index in [0.717, 1.165) is 23.2 Å². The molecule has 0 saturated heterocycles. The largest absolute Gasteiger partial charge is 0.414 e. The van der Waals surface area contributed by atoms with E-state index in [2.05, 4.69) is 29.4 Å². The van der Waals surface area contributed by atoms with Gasteiger partial charge in [0, 0.05) is 5.69 Å². The lowest BCUT2D eigenvalue weighted by atomic mass is 10.1. The Morgan fingerprint density at radius 2 is 2.08 bits per heavy atom. The number of aromatic nitrogens is 2. The van der Waals surface area contributed by atoms with Crippen LogP contribution in [0.5, 0.6) is 0 Å². The highest BCUT2D eigenvalue weighted by Crippen LogP contribution is 2.23. The number of rotatable bonds is 7. The summed E-state index contributed by atoms with van der Waals surface area (Å²) >= 11 is 1.21. The molecule has 1 unspecified atom stereocenters. The minimum absolute atomic E-state index is 0.113. The first kappa shape index (κ1) is 18.5. The summed E-state index contributed by atoms with van der Waals surface area (Å²) in [4.78, 5) is 12.1. The molecule has 6 nitrogen and oxygen atoms in total. The van der Waals surface area contributed by atoms with Crippen LogP contribution in [0.3, 0.4) is 0 Å². The lowest BCUT2D eigenvalue weighted by Gasteiger charge is -2.09. The van der Waals surface area contributed by atoms with E-state index in [0.29, 0.717) is 17.0 Å². The van der Waals surface area contributed by atoms with Crippen molar-refractivity contribution in [2.24, 2.45) is 11.7 Å². The molecule has 1 atom stereocenters. The SMILES string of the molecule is Cc1ccc(NC(=O)CSc2nnc(C(N)CC(C)C)o2)c(C)c1. The van der Waals surface area contributed by atoms with E-state index in [1.165, 1.54) is 11.8 Å². The van der Waals surface area contributed by atoms with Crippen LogP contribution >= 0.6 is 11.8 Å². The normalized spacial score (nSPS) is 12.4. The summed E-state index contributed by atoms with van der Waals surface area (Å²) in [5, 5.41) is 11.1. The zero-order valence-electron chi connectivity index (χ0n) is 14.5. The highest BCUT2D eigenvalue weighted by molar-refractivity contribution is 7.99. The number of hydrogen-bond donors (Lipinski definition) is 2. The molecule has 1 aromatic carbocycles. The van der Waals surface area contributed by atoms with E-state index in [-0.39, 0.29) is 17.7 Å². The maximum Gasteiger partial charge on any atom is 0.277 e. The van der Waals surface area contributed by atoms with Crippen LogP contribution in [0.25, 0.3) is 0 Å². The molecule has 0 aliphatic heterocycles. The van der Waals surface area contributed by atoms with Crippen molar-refractivity contribution in [3.05, 3.63) is 35.2 Å². The summed E-state index contributed by atoms with van der Waals surface area (Å²) in [6, 6.07) is 5.64. The summed E-state index contributed by atoms with van der Waals surface area (Å²) in [7, 11) is 0. The molecule has 0 spiro atoms. The maximum absolute atomic E-state index is 12.1. The van der Waals surface area contributed by atoms with Gasteiger partial charge in [0.05, 0.1) is 11.8 Å². The number of aryl methyl sites for hydroxylation is 2. The maximum atomic E-state index is 12.1. The molecule has 1 aromatic heterocycles. The van der Waals surface area contributed by atoms with Crippen molar-refractivity contribution < 1.29 is 9.21 Å². The highest BCUT2D eigenvalue weighted by Gasteiger charge is 2.17. The molecule has 0 aliphatic carbocycles. The minimum atomic E-state index is -0.268. The van der Waals surface area contributed by atoms with Crippen LogP contribution in [0.1, 0.15) is 43.3 Å². The van der Waals surface area contributed by atoms with Gasteiger partial charge in [0.1, 0.15) is 0 Å². The Bertz CT molecular complexity index is 700. The van der Waals surface area contributed by atoms with Crippen molar-refractivity contribution in [1.82, 2.24) is 10.2 Å². The molecule has 1 heterocycles. The van der Waals surface area contributed by atoms with Crippen LogP contribution in [0.4, 0.5) is 5.69 Å². The average Bonchev–Trinajstić information content (AvgIpc) is 2.96. The number of benzene rings is 1. The van der Waals surface area contributed by atoms with Gasteiger partial charge in [-0.15, -0.1) is 10.2 Å². The molecule has 3 N–H and O–H groups in total. The Kier molecular flexibility index (Phi) is 6.39. The number of anilines is 1. The van der Waals surface area contributed by atoms with Crippen molar-refractivity contribution in [2.75, 3.05) is 11.1 Å². The molecule has 2 rings (SSSR count). The van der Waals surface area contributed by atoms with Crippen LogP contribution < -0.4 is 11.1 Å². The topological polar surface area (TPSA) is 94.0 Å². The molecule has 0 radical (unpaired) electrons. The summed E-state index contributed by atoms with van der Waals surface area (Å²) in [6.45, 7) is 8.16. The minimum Gasteiger partial charge on any atom is -0.414 e. The summed E-state index contributed by atoms with van der Waals surface area (Å²) in [6.07, 6.45) is 0.777. The van der Waals surface area contributed by atoms with Gasteiger partial charge in [-0.3, -0.25) is 4.79 Å². The summed E-state index contributed by atoms with van der Waals surface area (Å²) in [5.74, 6) is 0.958. The third kappa shape index (κ3) is 5.35. The zero-order chi connectivity index (χ0) is 17.7. The van der Waals surface area contributed by atoms with Crippen molar-refractivity contribution in [3.8, 4) is 0 Å². The molecule has 7 heteroatoms. The quantitative estimate of drug-likeness (QED) is 0.744. The van der Waals surface area contributed by atoms with Crippen LogP contribution in [-0.2, 0) is 4.79 Å². The lowest BCUT2D eigenvalue weighted by molar-refractivity contribution is -0.113. The van der Waals surface area contributed by atoms with Gasteiger partial charge in [-0.1, -0.05) is 43.3 Å². The molecule has 0 aliphatic rings. The van der Waals surface area contributed by atoms with Crippen molar-refractivity contribution in [2.45, 2.75) is 45.4 Å². The number of nitrogens with one attached hydrogen (secondary N) is 1. The predicted octanol–water partition coefficient (Wildman–Crippen LogP) is 3.46. The van der Waals surface area contributed by atoms with Crippen LogP contribution in [-0.4, -0.2) is 21.9 Å². The fourth-order valence-corrected chi connectivity index (χ4v) is 2.87. The predicted molar refractivity (Wildman–Crippen MR) is 96.0 cm³/mol. The Balaban J connectivity index is 1.87. The van der Waals surface area contributed by atoms with Gasteiger partial charge >= 0.3 is 0 Å². The number of amides is 1. The molecule has 130 valence electrons. The van der Waals surface area contributed by atoms with Gasteiger partial charge in [0.2, 0.25) is 11.8 Å². The molecule has 0 fully saturated rings. The monoisotopic (exact) mass is 348 g/mol. The fraction of sp³-hybridized carbons (Fsp3) is 0.471. The molecule has 0 saturated carbocycles. The van der Waals surface area contributed by atoms with Crippen LogP contribution in [0.15, 0.2) is 27.8 Å². The average molecular weight is 348 g/mol. The second kappa shape index (κ2) is 8.30. The van der Waals surface area contributed by atoms with Crippen molar-refractivity contribution >= 4 is 23.4 Å². The van der Waals surface area contributed by atoms with E-state index in [4.69, 9.17) is 10.2 Å². The second-order valence-corrected chi connectivity index (χ2v) is 7.22. The number of hydrogen-bond acceptors (Lipinski definition) is 6. The number of nitrogens with two attached hydrogens (primary N) is 1. The molecule has 24 heavy (non-hydrogen) atoms. The molecular weight excluding hydrogens is 324 g/mol. The molecule has 0 bridgehead atoms. The zero-order valence-corrected chi connectivity index (χ0v) is 15.3. The standard InChI is InChI=1S/C17H24N4O2S/c1-10(2)7-13(18)16-20-21-17(23-16)24-9-15(22)19-14-6-5-11(3)8-12(14)4/h5-6,8,10,13H,7,9,18H2,1-4H3,(H,19,22). The van der Waals surface area contributed by atoms with Crippen molar-refractivity contribution in [3.63, 3.8) is 0 Å². The van der Waals surface area contributed by atoms with E-state index in [1.807, 2.05) is 32.0 Å². The van der Waals surface area contributed by atoms with Crippen LogP contribution in [0, 0.1) is 19.8 Å². The molecular formula is C17H24N4O2S. The van der Waals surface area contributed by atoms with E-state index in [1.54, 1.807) is 0 Å². The highest BCUT2D eigenvalue weighted by atomic mass is 32.2. The number of carbonyl (C=O) groups is 1. The summed E-state index contributed by atoms with van der Waals surface area (Å²) in [5.41, 5.74) is 9.03. The number of nitrogens with zero attached hydrogens (tertiary/aromatic N) is 2. The van der Waals surface area contributed by atoms with E-state index >= 15 is 0 Å². The Labute approximate surface area is 146 Å². The van der Waals surface area contributed by atoms with Gasteiger partial charge in [0.25, 0.3) is 5.22 Å².